The zero-order chi connectivity index (χ0) is 14.7. The molecule has 0 aromatic heterocycles. The summed E-state index contributed by atoms with van der Waals surface area (Å²) in [5.74, 6) is 0.592. The lowest BCUT2D eigenvalue weighted by Crippen LogP contribution is -2.49. The van der Waals surface area contributed by atoms with Gasteiger partial charge in [-0.25, -0.2) is 4.79 Å². The monoisotopic (exact) mass is 285 g/mol. The van der Waals surface area contributed by atoms with E-state index in [-0.39, 0.29) is 5.97 Å². The van der Waals surface area contributed by atoms with Crippen molar-refractivity contribution in [2.24, 2.45) is 4.99 Å². The number of carbonyl (C=O) groups is 1. The van der Waals surface area contributed by atoms with Crippen molar-refractivity contribution in [1.82, 2.24) is 9.80 Å². The first-order chi connectivity index (χ1) is 10.3. The maximum absolute atomic E-state index is 11.7. The van der Waals surface area contributed by atoms with Crippen LogP contribution in [0.4, 0.5) is 0 Å². The highest BCUT2D eigenvalue weighted by molar-refractivity contribution is 5.99. The number of hydrogen-bond acceptors (Lipinski definition) is 5. The lowest BCUT2D eigenvalue weighted by molar-refractivity contribution is -0.138. The third-order valence-electron chi connectivity index (χ3n) is 3.61. The smallest absolute Gasteiger partial charge is 0.362 e. The van der Waals surface area contributed by atoms with Gasteiger partial charge < -0.3 is 4.74 Å². The second-order valence-corrected chi connectivity index (χ2v) is 5.15. The topological polar surface area (TPSA) is 47.8 Å². The molecule has 1 aromatic carbocycles. The van der Waals surface area contributed by atoms with Gasteiger partial charge in [-0.2, -0.15) is 4.99 Å². The van der Waals surface area contributed by atoms with Crippen molar-refractivity contribution >= 4 is 11.8 Å². The van der Waals surface area contributed by atoms with Gasteiger partial charge in [-0.15, -0.1) is 0 Å². The van der Waals surface area contributed by atoms with Crippen LogP contribution >= 0.6 is 0 Å². The molecule has 5 heteroatoms. The normalized spacial score (nSPS) is 18.9. The fourth-order valence-electron chi connectivity index (χ4n) is 2.58. The summed E-state index contributed by atoms with van der Waals surface area (Å²) in [5.41, 5.74) is 1.71. The van der Waals surface area contributed by atoms with Crippen molar-refractivity contribution in [3.63, 3.8) is 0 Å². The van der Waals surface area contributed by atoms with Crippen LogP contribution in [0.2, 0.25) is 0 Å². The lowest BCUT2D eigenvalue weighted by atomic mass is 10.2. The number of fused-ring (bicyclic) bond motifs is 1. The molecular weight excluding hydrogens is 266 g/mol. The van der Waals surface area contributed by atoms with Gasteiger partial charge in [-0.1, -0.05) is 35.2 Å². The Hall–Kier alpha value is -1.98. The van der Waals surface area contributed by atoms with Gasteiger partial charge >= 0.3 is 5.97 Å². The summed E-state index contributed by atoms with van der Waals surface area (Å²) < 4.78 is 5.00. The molecule has 0 amide bonds. The van der Waals surface area contributed by atoms with Crippen molar-refractivity contribution in [2.75, 3.05) is 26.2 Å². The number of ether oxygens (including phenoxy) is 1. The molecule has 0 N–H and O–H groups in total. The highest BCUT2D eigenvalue weighted by Gasteiger charge is 2.37. The fraction of sp³-hybridized carbons (Fsp3) is 0.375. The van der Waals surface area contributed by atoms with Gasteiger partial charge in [0.05, 0.1) is 19.7 Å². The van der Waals surface area contributed by atoms with Crippen LogP contribution in [0.15, 0.2) is 47.2 Å². The van der Waals surface area contributed by atoms with Crippen LogP contribution in [0.1, 0.15) is 12.5 Å². The van der Waals surface area contributed by atoms with E-state index in [1.807, 2.05) is 11.0 Å². The van der Waals surface area contributed by atoms with Crippen LogP contribution in [0, 0.1) is 0 Å². The molecule has 1 radical (unpaired) electrons. The van der Waals surface area contributed by atoms with Crippen LogP contribution in [-0.4, -0.2) is 42.9 Å². The maximum Gasteiger partial charge on any atom is 0.362 e. The molecule has 0 spiro atoms. The van der Waals surface area contributed by atoms with Crippen LogP contribution in [0.3, 0.4) is 0 Å². The van der Waals surface area contributed by atoms with Crippen molar-refractivity contribution in [3.05, 3.63) is 47.8 Å². The van der Waals surface area contributed by atoms with E-state index in [1.54, 1.807) is 13.1 Å². The number of piperazine rings is 1. The van der Waals surface area contributed by atoms with Gasteiger partial charge in [0.1, 0.15) is 6.54 Å². The summed E-state index contributed by atoms with van der Waals surface area (Å²) in [7, 11) is 0. The Morgan fingerprint density at radius 2 is 2.19 bits per heavy atom. The summed E-state index contributed by atoms with van der Waals surface area (Å²) in [5, 5.41) is 0. The Labute approximate surface area is 124 Å². The zero-order valence-electron chi connectivity index (χ0n) is 12.2. The van der Waals surface area contributed by atoms with E-state index in [1.165, 1.54) is 5.56 Å². The maximum atomic E-state index is 11.7. The molecule has 0 saturated carbocycles. The quantitative estimate of drug-likeness (QED) is 0.621. The van der Waals surface area contributed by atoms with Gasteiger partial charge in [-0.05, 0) is 12.5 Å². The van der Waals surface area contributed by atoms with Gasteiger partial charge in [0, 0.05) is 6.54 Å². The Kier molecular flexibility index (Phi) is 4.13. The number of rotatable bonds is 4. The zero-order valence-corrected chi connectivity index (χ0v) is 12.2. The number of aliphatic imine (C=N–C) groups is 1. The molecule has 2 aliphatic heterocycles. The summed E-state index contributed by atoms with van der Waals surface area (Å²) in [6.07, 6.45) is 1.80. The van der Waals surface area contributed by atoms with E-state index in [9.17, 15) is 4.79 Å². The third-order valence-corrected chi connectivity index (χ3v) is 3.61. The minimum Gasteiger partial charge on any atom is -0.461 e. The molecule has 0 aliphatic carbocycles. The predicted molar refractivity (Wildman–Crippen MR) is 80.9 cm³/mol. The Morgan fingerprint density at radius 3 is 2.95 bits per heavy atom. The van der Waals surface area contributed by atoms with Crippen molar-refractivity contribution in [2.45, 2.75) is 13.5 Å². The molecule has 0 atom stereocenters. The Morgan fingerprint density at radius 1 is 1.38 bits per heavy atom. The van der Waals surface area contributed by atoms with E-state index in [4.69, 9.17) is 4.74 Å². The SMILES string of the molecule is CCOC(=O)C1=C[N+]2CCN(Cc3ccccc3)CC2=N1. The molecule has 1 fully saturated rings. The molecule has 3 rings (SSSR count). The average Bonchev–Trinajstić information content (AvgIpc) is 2.92. The molecule has 0 bridgehead atoms. The average molecular weight is 285 g/mol. The van der Waals surface area contributed by atoms with Crippen molar-refractivity contribution in [1.29, 1.82) is 0 Å². The molecule has 1 aromatic rings. The van der Waals surface area contributed by atoms with E-state index in [0.717, 1.165) is 32.0 Å². The summed E-state index contributed by atoms with van der Waals surface area (Å²) >= 11 is 0. The third kappa shape index (κ3) is 3.20. The van der Waals surface area contributed by atoms with Gasteiger partial charge in [0.25, 0.3) is 5.84 Å². The van der Waals surface area contributed by atoms with E-state index < -0.39 is 0 Å². The second kappa shape index (κ2) is 6.20. The standard InChI is InChI=1S/C16H19N3O2/c1-2-21-16(20)14-11-19-9-8-18(12-15(19)17-14)10-13-6-4-3-5-7-13/h3-7,11H,2,8-10,12H2,1H3/q+1. The van der Waals surface area contributed by atoms with Crippen LogP contribution in [0.5, 0.6) is 0 Å². The molecule has 2 heterocycles. The lowest BCUT2D eigenvalue weighted by Gasteiger charge is -2.25. The van der Waals surface area contributed by atoms with Gasteiger partial charge in [0.2, 0.25) is 5.70 Å². The molecule has 109 valence electrons. The summed E-state index contributed by atoms with van der Waals surface area (Å²) in [6.45, 7) is 5.66. The Bertz CT molecular complexity index is 580. The highest BCUT2D eigenvalue weighted by Crippen LogP contribution is 2.16. The number of nitrogens with zero attached hydrogens (tertiary/aromatic N) is 3. The van der Waals surface area contributed by atoms with Crippen molar-refractivity contribution < 1.29 is 9.53 Å². The highest BCUT2D eigenvalue weighted by atomic mass is 16.5. The van der Waals surface area contributed by atoms with E-state index >= 15 is 0 Å². The summed E-state index contributed by atoms with van der Waals surface area (Å²) in [6, 6.07) is 10.4. The molecular formula is C16H19N3O2+. The first-order valence-electron chi connectivity index (χ1n) is 7.25. The van der Waals surface area contributed by atoms with E-state index in [2.05, 4.69) is 34.2 Å². The molecule has 5 nitrogen and oxygen atoms in total. The van der Waals surface area contributed by atoms with Crippen LogP contribution in [-0.2, 0) is 16.1 Å². The molecule has 1 saturated heterocycles. The minimum absolute atomic E-state index is 0.339. The first-order valence-corrected chi connectivity index (χ1v) is 7.25. The molecule has 21 heavy (non-hydrogen) atoms. The Balaban J connectivity index is 1.64. The largest absolute Gasteiger partial charge is 0.461 e. The summed E-state index contributed by atoms with van der Waals surface area (Å²) in [4.78, 5) is 20.5. The van der Waals surface area contributed by atoms with Gasteiger partial charge in [0.15, 0.2) is 6.20 Å². The number of carbonyl (C=O) groups excluding carboxylic acids is 1. The minimum atomic E-state index is -0.339. The molecule has 0 unspecified atom stereocenters. The fourth-order valence-corrected chi connectivity index (χ4v) is 2.58. The van der Waals surface area contributed by atoms with E-state index in [0.29, 0.717) is 12.3 Å². The van der Waals surface area contributed by atoms with Crippen LogP contribution < -0.4 is 4.90 Å². The number of esters is 1. The number of hydrogen-bond donors (Lipinski definition) is 0. The van der Waals surface area contributed by atoms with Crippen molar-refractivity contribution in [3.8, 4) is 0 Å². The van der Waals surface area contributed by atoms with Crippen LogP contribution in [0.25, 0.3) is 0 Å². The first kappa shape index (κ1) is 14.0. The second-order valence-electron chi connectivity index (χ2n) is 5.15. The number of amidine groups is 1. The number of benzene rings is 1. The van der Waals surface area contributed by atoms with Gasteiger partial charge in [-0.3, -0.25) is 4.90 Å². The molecule has 2 aliphatic rings. The predicted octanol–water partition coefficient (Wildman–Crippen LogP) is 1.46.